The Labute approximate surface area is 134 Å². The fourth-order valence-electron chi connectivity index (χ4n) is 2.90. The van der Waals surface area contributed by atoms with Crippen molar-refractivity contribution in [3.63, 3.8) is 0 Å². The first kappa shape index (κ1) is 15.9. The molecular formula is C16H22N4O3. The maximum Gasteiger partial charge on any atom is 0.251 e. The summed E-state index contributed by atoms with van der Waals surface area (Å²) >= 11 is 0. The van der Waals surface area contributed by atoms with Gasteiger partial charge in [0, 0.05) is 30.5 Å². The summed E-state index contributed by atoms with van der Waals surface area (Å²) in [4.78, 5) is 14.5. The van der Waals surface area contributed by atoms with Crippen LogP contribution < -0.4 is 5.32 Å². The van der Waals surface area contributed by atoms with Gasteiger partial charge in [-0.2, -0.15) is 5.10 Å². The van der Waals surface area contributed by atoms with Crippen LogP contribution in [0.1, 0.15) is 17.3 Å². The summed E-state index contributed by atoms with van der Waals surface area (Å²) in [6.45, 7) is 3.32. The highest BCUT2D eigenvalue weighted by molar-refractivity contribution is 5.95. The zero-order chi connectivity index (χ0) is 16.4. The fourth-order valence-corrected chi connectivity index (χ4v) is 2.90. The van der Waals surface area contributed by atoms with Gasteiger partial charge in [-0.15, -0.1) is 0 Å². The van der Waals surface area contributed by atoms with Crippen LogP contribution in [0.3, 0.4) is 0 Å². The van der Waals surface area contributed by atoms with E-state index >= 15 is 0 Å². The van der Waals surface area contributed by atoms with Crippen LogP contribution in [0.4, 0.5) is 0 Å². The lowest BCUT2D eigenvalue weighted by atomic mass is 9.96. The van der Waals surface area contributed by atoms with Crippen molar-refractivity contribution in [3.05, 3.63) is 36.2 Å². The predicted molar refractivity (Wildman–Crippen MR) is 85.4 cm³/mol. The average Bonchev–Trinajstić information content (AvgIpc) is 3.04. The van der Waals surface area contributed by atoms with E-state index in [2.05, 4.69) is 15.3 Å². The molecule has 2 N–H and O–H groups in total. The number of aromatic nitrogens is 2. The number of hydrogen-bond acceptors (Lipinski definition) is 5. The summed E-state index contributed by atoms with van der Waals surface area (Å²) < 4.78 is 7.28. The summed E-state index contributed by atoms with van der Waals surface area (Å²) in [6.07, 6.45) is 3.44. The zero-order valence-electron chi connectivity index (χ0n) is 13.4. The molecule has 0 unspecified atom stereocenters. The summed E-state index contributed by atoms with van der Waals surface area (Å²) in [7, 11) is 1.95. The van der Waals surface area contributed by atoms with Crippen LogP contribution >= 0.6 is 0 Å². The van der Waals surface area contributed by atoms with Crippen molar-refractivity contribution >= 4 is 11.4 Å². The largest absolute Gasteiger partial charge is 0.394 e. The van der Waals surface area contributed by atoms with Gasteiger partial charge in [0.2, 0.25) is 0 Å². The second-order valence-electron chi connectivity index (χ2n) is 6.16. The summed E-state index contributed by atoms with van der Waals surface area (Å²) in [5.74, 6) is -0.173. The zero-order valence-corrected chi connectivity index (χ0v) is 13.4. The van der Waals surface area contributed by atoms with E-state index in [-0.39, 0.29) is 18.6 Å². The Kier molecular flexibility index (Phi) is 4.34. The lowest BCUT2D eigenvalue weighted by Gasteiger charge is -2.47. The van der Waals surface area contributed by atoms with Crippen molar-refractivity contribution in [3.8, 4) is 0 Å². The predicted octanol–water partition coefficient (Wildman–Crippen LogP) is 0.146. The number of amides is 1. The van der Waals surface area contributed by atoms with Gasteiger partial charge in [0.1, 0.15) is 0 Å². The van der Waals surface area contributed by atoms with Crippen molar-refractivity contribution in [2.45, 2.75) is 18.5 Å². The van der Waals surface area contributed by atoms with Gasteiger partial charge in [-0.25, -0.2) is 4.52 Å². The molecule has 7 nitrogen and oxygen atoms in total. The second kappa shape index (κ2) is 6.27. The van der Waals surface area contributed by atoms with Crippen molar-refractivity contribution in [1.29, 1.82) is 0 Å². The number of nitrogens with zero attached hydrogens (tertiary/aromatic N) is 3. The maximum absolute atomic E-state index is 12.4. The quantitative estimate of drug-likeness (QED) is 0.839. The first-order valence-electron chi connectivity index (χ1n) is 7.69. The number of rotatable bonds is 4. The molecule has 1 amide bonds. The van der Waals surface area contributed by atoms with E-state index in [1.165, 1.54) is 0 Å². The third kappa shape index (κ3) is 2.95. The van der Waals surface area contributed by atoms with Crippen LogP contribution in [-0.4, -0.2) is 70.5 Å². The highest BCUT2D eigenvalue weighted by Crippen LogP contribution is 2.21. The molecule has 0 bridgehead atoms. The monoisotopic (exact) mass is 318 g/mol. The van der Waals surface area contributed by atoms with Gasteiger partial charge in [0.05, 0.1) is 30.9 Å². The van der Waals surface area contributed by atoms with Crippen LogP contribution in [0.25, 0.3) is 5.52 Å². The van der Waals surface area contributed by atoms with E-state index in [1.54, 1.807) is 29.0 Å². The number of carbonyl (C=O) groups excluding carboxylic acids is 1. The van der Waals surface area contributed by atoms with Gasteiger partial charge in [0.25, 0.3) is 5.91 Å². The van der Waals surface area contributed by atoms with Gasteiger partial charge in [-0.1, -0.05) is 0 Å². The topological polar surface area (TPSA) is 79.1 Å². The highest BCUT2D eigenvalue weighted by atomic mass is 16.5. The number of nitrogens with one attached hydrogen (secondary N) is 1. The molecule has 3 heterocycles. The smallest absolute Gasteiger partial charge is 0.251 e. The number of pyridine rings is 1. The molecule has 2 atom stereocenters. The summed E-state index contributed by atoms with van der Waals surface area (Å²) in [6, 6.07) is 5.55. The number of fused-ring (bicyclic) bond motifs is 1. The van der Waals surface area contributed by atoms with Crippen molar-refractivity contribution in [2.75, 3.05) is 33.4 Å². The summed E-state index contributed by atoms with van der Waals surface area (Å²) in [5, 5.41) is 16.9. The second-order valence-corrected chi connectivity index (χ2v) is 6.16. The fraction of sp³-hybridized carbons (Fsp3) is 0.500. The SMILES string of the molecule is C[C@@H]1COC[C@@](CO)(CNC(=O)c2ccn3nccc3c2)N1C. The van der Waals surface area contributed by atoms with E-state index in [0.29, 0.717) is 25.3 Å². The van der Waals surface area contributed by atoms with Crippen LogP contribution in [-0.2, 0) is 4.74 Å². The first-order chi connectivity index (χ1) is 11.1. The minimum atomic E-state index is -0.589. The molecule has 23 heavy (non-hydrogen) atoms. The van der Waals surface area contributed by atoms with Gasteiger partial charge in [-0.05, 0) is 32.2 Å². The van der Waals surface area contributed by atoms with Gasteiger partial charge >= 0.3 is 0 Å². The Hall–Kier alpha value is -1.96. The molecule has 0 aromatic carbocycles. The lowest BCUT2D eigenvalue weighted by Crippen LogP contribution is -2.65. The van der Waals surface area contributed by atoms with Crippen molar-refractivity contribution in [2.24, 2.45) is 0 Å². The molecule has 1 fully saturated rings. The van der Waals surface area contributed by atoms with Gasteiger partial charge in [-0.3, -0.25) is 9.69 Å². The van der Waals surface area contributed by atoms with Crippen LogP contribution in [0.5, 0.6) is 0 Å². The van der Waals surface area contributed by atoms with Gasteiger partial charge < -0.3 is 15.2 Å². The Morgan fingerprint density at radius 3 is 3.17 bits per heavy atom. The molecule has 124 valence electrons. The Balaban J connectivity index is 1.71. The molecule has 1 saturated heterocycles. The number of likely N-dealkylation sites (N-methyl/N-ethyl adjacent to an activating group) is 1. The van der Waals surface area contributed by atoms with Gasteiger partial charge in [0.15, 0.2) is 0 Å². The van der Waals surface area contributed by atoms with E-state index in [9.17, 15) is 9.90 Å². The maximum atomic E-state index is 12.4. The Bertz CT molecular complexity index is 701. The average molecular weight is 318 g/mol. The number of carbonyl (C=O) groups is 1. The summed E-state index contributed by atoms with van der Waals surface area (Å²) in [5.41, 5.74) is 0.841. The molecule has 0 radical (unpaired) electrons. The highest BCUT2D eigenvalue weighted by Gasteiger charge is 2.40. The molecule has 3 rings (SSSR count). The number of morpholine rings is 1. The number of hydrogen-bond donors (Lipinski definition) is 2. The molecule has 1 aliphatic rings. The normalized spacial score (nSPS) is 25.6. The number of aliphatic hydroxyl groups excluding tert-OH is 1. The Morgan fingerprint density at radius 2 is 2.39 bits per heavy atom. The molecule has 2 aromatic rings. The van der Waals surface area contributed by atoms with Crippen molar-refractivity contribution < 1.29 is 14.6 Å². The third-order valence-electron chi connectivity index (χ3n) is 4.67. The van der Waals surface area contributed by atoms with Crippen LogP contribution in [0, 0.1) is 0 Å². The molecule has 7 heteroatoms. The molecule has 0 saturated carbocycles. The minimum absolute atomic E-state index is 0.0736. The van der Waals surface area contributed by atoms with E-state index in [0.717, 1.165) is 5.52 Å². The third-order valence-corrected chi connectivity index (χ3v) is 4.67. The van der Waals surface area contributed by atoms with E-state index in [4.69, 9.17) is 4.74 Å². The van der Waals surface area contributed by atoms with Crippen molar-refractivity contribution in [1.82, 2.24) is 19.8 Å². The molecule has 1 aliphatic heterocycles. The number of ether oxygens (including phenoxy) is 1. The van der Waals surface area contributed by atoms with E-state index in [1.807, 2.05) is 20.0 Å². The van der Waals surface area contributed by atoms with E-state index < -0.39 is 5.54 Å². The standard InChI is InChI=1S/C16H22N4O3/c1-12-8-23-11-16(10-21,19(12)2)9-17-15(22)13-4-6-20-14(7-13)3-5-18-20/h3-7,12,21H,8-11H2,1-2H3,(H,17,22)/t12-,16+/m1/s1. The molecular weight excluding hydrogens is 296 g/mol. The molecule has 0 spiro atoms. The minimum Gasteiger partial charge on any atom is -0.394 e. The van der Waals surface area contributed by atoms with Crippen LogP contribution in [0.2, 0.25) is 0 Å². The number of aliphatic hydroxyl groups is 1. The van der Waals surface area contributed by atoms with Crippen LogP contribution in [0.15, 0.2) is 30.6 Å². The lowest BCUT2D eigenvalue weighted by molar-refractivity contribution is -0.105. The molecule has 0 aliphatic carbocycles. The first-order valence-corrected chi connectivity index (χ1v) is 7.69. The Morgan fingerprint density at radius 1 is 1.57 bits per heavy atom. The molecule has 2 aromatic heterocycles.